The molecule has 163 valence electrons. The van der Waals surface area contributed by atoms with Crippen molar-refractivity contribution in [3.05, 3.63) is 72.0 Å². The fraction of sp³-hybridized carbons (Fsp3) is 0.250. The molecular weight excluding hydrogens is 449 g/mol. The van der Waals surface area contributed by atoms with E-state index in [1.54, 1.807) is 12.4 Å². The topological polar surface area (TPSA) is 68.9 Å². The first kappa shape index (κ1) is 20.7. The molecule has 0 amide bonds. The number of fused-ring (bicyclic) bond motifs is 3. The predicted octanol–water partition coefficient (Wildman–Crippen LogP) is 1.96. The monoisotopic (exact) mass is 470 g/mol. The summed E-state index contributed by atoms with van der Waals surface area (Å²) < 4.78 is 0. The third-order valence-electron chi connectivity index (χ3n) is 5.83. The van der Waals surface area contributed by atoms with Crippen LogP contribution in [0.15, 0.2) is 72.0 Å². The smallest absolute Gasteiger partial charge is 0.227 e. The van der Waals surface area contributed by atoms with Gasteiger partial charge in [-0.1, -0.05) is 24.3 Å². The summed E-state index contributed by atoms with van der Waals surface area (Å²) in [6.45, 7) is 5.41. The molecule has 0 saturated carbocycles. The minimum Gasteiger partial charge on any atom is -0.365 e. The van der Waals surface area contributed by atoms with E-state index in [2.05, 4.69) is 34.2 Å². The molecule has 3 fully saturated rings. The number of hydrogen-bond donors (Lipinski definition) is 0. The fourth-order valence-corrected chi connectivity index (χ4v) is 3.96. The number of aromatic nitrogens is 2. The summed E-state index contributed by atoms with van der Waals surface area (Å²) in [5.74, 6) is 0.0485. The maximum atomic E-state index is 12.4. The standard InChI is InChI=1S/C12H13N3O2.C12H8N2.Co/c16-9-7-8(13-1-2-13)12(17)11(15-5-6-15)10(9)14-3-4-14;1-3-9-5-6-10-4-2-8-14-12(10)11(9)13-7-1;/h7H,1-6H2;1-8H;. The number of carbonyl (C=O) groups excluding carboxylic acids is 2. The Balaban J connectivity index is 0.000000133. The number of Topliss-reactive ketones (excluding diaryl/α,β-unsaturated/α-hetero) is 1. The Morgan fingerprint density at radius 1 is 0.656 bits per heavy atom. The average Bonchev–Trinajstić information content (AvgIpc) is 3.65. The number of ketones is 2. The number of hydrogen-bond acceptors (Lipinski definition) is 7. The van der Waals surface area contributed by atoms with Crippen LogP contribution < -0.4 is 0 Å². The van der Waals surface area contributed by atoms with Gasteiger partial charge in [-0.2, -0.15) is 0 Å². The van der Waals surface area contributed by atoms with Crippen LogP contribution in [0.2, 0.25) is 0 Å². The van der Waals surface area contributed by atoms with Gasteiger partial charge in [0.1, 0.15) is 11.4 Å². The zero-order valence-electron chi connectivity index (χ0n) is 17.3. The quantitative estimate of drug-likeness (QED) is 0.329. The SMILES string of the molecule is O=C1C=C(N2CC2)C(=O)C(N2CC2)=C1N1CC1.[Co].c1cnc2c(c1)ccc1cccnc12. The van der Waals surface area contributed by atoms with Crippen LogP contribution in [0, 0.1) is 0 Å². The van der Waals surface area contributed by atoms with Crippen molar-refractivity contribution in [1.29, 1.82) is 0 Å². The predicted molar refractivity (Wildman–Crippen MR) is 117 cm³/mol. The first-order valence-electron chi connectivity index (χ1n) is 10.6. The Hall–Kier alpha value is -3.23. The molecule has 0 bridgehead atoms. The molecule has 32 heavy (non-hydrogen) atoms. The second-order valence-electron chi connectivity index (χ2n) is 8.10. The zero-order chi connectivity index (χ0) is 20.9. The molecule has 0 unspecified atom stereocenters. The first-order chi connectivity index (χ1) is 15.2. The molecule has 1 aromatic carbocycles. The van der Waals surface area contributed by atoms with Gasteiger partial charge >= 0.3 is 0 Å². The van der Waals surface area contributed by atoms with Gasteiger partial charge in [-0.25, -0.2) is 0 Å². The van der Waals surface area contributed by atoms with E-state index in [1.807, 2.05) is 26.8 Å². The van der Waals surface area contributed by atoms with Crippen molar-refractivity contribution < 1.29 is 26.4 Å². The van der Waals surface area contributed by atoms with Crippen molar-refractivity contribution in [3.63, 3.8) is 0 Å². The molecule has 7 nitrogen and oxygen atoms in total. The van der Waals surface area contributed by atoms with E-state index in [4.69, 9.17) is 0 Å². The molecule has 3 saturated heterocycles. The Morgan fingerprint density at radius 2 is 1.16 bits per heavy atom. The fourth-order valence-electron chi connectivity index (χ4n) is 3.96. The Morgan fingerprint density at radius 3 is 1.66 bits per heavy atom. The third-order valence-corrected chi connectivity index (χ3v) is 5.83. The maximum Gasteiger partial charge on any atom is 0.227 e. The van der Waals surface area contributed by atoms with Crippen molar-refractivity contribution in [1.82, 2.24) is 24.7 Å². The number of nitrogens with zero attached hydrogens (tertiary/aromatic N) is 5. The van der Waals surface area contributed by atoms with E-state index < -0.39 is 0 Å². The second-order valence-corrected chi connectivity index (χ2v) is 8.10. The summed E-state index contributed by atoms with van der Waals surface area (Å²) in [4.78, 5) is 39.2. The van der Waals surface area contributed by atoms with Gasteiger partial charge in [0.05, 0.1) is 16.7 Å². The van der Waals surface area contributed by atoms with Crippen LogP contribution in [-0.4, -0.2) is 75.5 Å². The van der Waals surface area contributed by atoms with Crippen molar-refractivity contribution in [2.75, 3.05) is 39.3 Å². The van der Waals surface area contributed by atoms with E-state index in [9.17, 15) is 9.59 Å². The molecule has 3 aliphatic heterocycles. The summed E-state index contributed by atoms with van der Waals surface area (Å²) in [5.41, 5.74) is 3.84. The van der Waals surface area contributed by atoms with Crippen LogP contribution in [0.25, 0.3) is 21.8 Å². The van der Waals surface area contributed by atoms with E-state index in [0.717, 1.165) is 61.1 Å². The van der Waals surface area contributed by atoms with E-state index >= 15 is 0 Å². The van der Waals surface area contributed by atoms with Crippen molar-refractivity contribution in [2.24, 2.45) is 0 Å². The molecule has 1 radical (unpaired) electrons. The van der Waals surface area contributed by atoms with E-state index in [0.29, 0.717) is 17.1 Å². The maximum absolute atomic E-state index is 12.4. The van der Waals surface area contributed by atoms with Gasteiger partial charge < -0.3 is 14.7 Å². The van der Waals surface area contributed by atoms with Gasteiger partial charge in [0.2, 0.25) is 11.6 Å². The van der Waals surface area contributed by atoms with Gasteiger partial charge in [0.15, 0.2) is 0 Å². The first-order valence-corrected chi connectivity index (χ1v) is 10.6. The summed E-state index contributed by atoms with van der Waals surface area (Å²) in [5, 5.41) is 2.28. The third kappa shape index (κ3) is 3.76. The van der Waals surface area contributed by atoms with Crippen LogP contribution in [-0.2, 0) is 26.4 Å². The molecular formula is C24H21CoN5O2. The summed E-state index contributed by atoms with van der Waals surface area (Å²) in [6.07, 6.45) is 5.13. The molecule has 2 aromatic heterocycles. The largest absolute Gasteiger partial charge is 0.365 e. The Bertz CT molecular complexity index is 1250. The van der Waals surface area contributed by atoms with Crippen molar-refractivity contribution in [3.8, 4) is 0 Å². The molecule has 7 rings (SSSR count). The second kappa shape index (κ2) is 8.03. The minimum atomic E-state index is 0. The summed E-state index contributed by atoms with van der Waals surface area (Å²) in [6, 6.07) is 12.1. The molecule has 4 aliphatic rings. The summed E-state index contributed by atoms with van der Waals surface area (Å²) >= 11 is 0. The van der Waals surface area contributed by atoms with Crippen LogP contribution in [0.1, 0.15) is 0 Å². The van der Waals surface area contributed by atoms with Gasteiger partial charge in [-0.15, -0.1) is 0 Å². The van der Waals surface area contributed by atoms with E-state index in [1.165, 1.54) is 6.08 Å². The molecule has 0 N–H and O–H groups in total. The number of allylic oxidation sites excluding steroid dienone is 1. The van der Waals surface area contributed by atoms with Crippen molar-refractivity contribution >= 4 is 33.4 Å². The van der Waals surface area contributed by atoms with Crippen LogP contribution in [0.3, 0.4) is 0 Å². The Labute approximate surface area is 195 Å². The number of pyridine rings is 2. The zero-order valence-corrected chi connectivity index (χ0v) is 18.4. The van der Waals surface area contributed by atoms with Crippen LogP contribution >= 0.6 is 0 Å². The number of carbonyl (C=O) groups is 2. The van der Waals surface area contributed by atoms with E-state index in [-0.39, 0.29) is 28.3 Å². The minimum absolute atomic E-state index is 0. The van der Waals surface area contributed by atoms with Gasteiger partial charge in [0, 0.05) is 85.3 Å². The molecule has 0 spiro atoms. The molecule has 1 aliphatic carbocycles. The van der Waals surface area contributed by atoms with Gasteiger partial charge in [-0.05, 0) is 12.1 Å². The number of benzene rings is 1. The van der Waals surface area contributed by atoms with Crippen LogP contribution in [0.5, 0.6) is 0 Å². The number of rotatable bonds is 3. The molecule has 8 heteroatoms. The van der Waals surface area contributed by atoms with Gasteiger partial charge in [-0.3, -0.25) is 19.6 Å². The molecule has 5 heterocycles. The average molecular weight is 470 g/mol. The Kier molecular flexibility index (Phi) is 5.19. The molecule has 3 aromatic rings. The molecule has 0 atom stereocenters. The summed E-state index contributed by atoms with van der Waals surface area (Å²) in [7, 11) is 0. The van der Waals surface area contributed by atoms with Crippen molar-refractivity contribution in [2.45, 2.75) is 0 Å². The van der Waals surface area contributed by atoms with Gasteiger partial charge in [0.25, 0.3) is 0 Å². The van der Waals surface area contributed by atoms with Crippen LogP contribution in [0.4, 0.5) is 0 Å². The normalized spacial score (nSPS) is 18.9.